The zero-order chi connectivity index (χ0) is 33.3. The maximum atomic E-state index is 11.5. The Morgan fingerprint density at radius 1 is 0.478 bits per heavy atom. The molecule has 0 saturated heterocycles. The minimum Gasteiger partial charge on any atom is -0.550 e. The zero-order valence-corrected chi connectivity index (χ0v) is 34.0. The summed E-state index contributed by atoms with van der Waals surface area (Å²) >= 11 is 0. The molecule has 0 aromatic rings. The van der Waals surface area contributed by atoms with Crippen molar-refractivity contribution in [1.82, 2.24) is 0 Å². The summed E-state index contributed by atoms with van der Waals surface area (Å²) in [5.74, 6) is -3.43. The van der Waals surface area contributed by atoms with Crippen molar-refractivity contribution < 1.29 is 98.0 Å². The summed E-state index contributed by atoms with van der Waals surface area (Å²) in [6.07, 6.45) is 24.2. The fourth-order valence-corrected chi connectivity index (χ4v) is 4.52. The monoisotopic (exact) mass is 674 g/mol. The van der Waals surface area contributed by atoms with Crippen LogP contribution in [0, 0.1) is 0 Å². The molecule has 260 valence electrons. The van der Waals surface area contributed by atoms with Gasteiger partial charge >= 0.3 is 71.1 Å². The number of aliphatic carboxylic acids is 2. The van der Waals surface area contributed by atoms with E-state index < -0.39 is 36.0 Å². The van der Waals surface area contributed by atoms with Crippen molar-refractivity contribution in [2.75, 3.05) is 13.2 Å². The van der Waals surface area contributed by atoms with E-state index in [-0.39, 0.29) is 84.8 Å². The van der Waals surface area contributed by atoms with E-state index in [1.807, 2.05) is 0 Å². The van der Waals surface area contributed by atoms with Gasteiger partial charge in [0.05, 0.1) is 13.2 Å². The average molecular weight is 675 g/mol. The Bertz CT molecular complexity index is 659. The molecule has 0 amide bonds. The number of unbranched alkanes of at least 4 members (excludes halogenated alkanes) is 18. The predicted molar refractivity (Wildman–Crippen MR) is 170 cm³/mol. The molecule has 10 nitrogen and oxygen atoms in total. The fourth-order valence-electron chi connectivity index (χ4n) is 4.52. The number of carboxylic acids is 2. The maximum absolute atomic E-state index is 11.5. The van der Waals surface area contributed by atoms with Gasteiger partial charge in [-0.3, -0.25) is 9.59 Å². The largest absolute Gasteiger partial charge is 1.00 e. The zero-order valence-electron chi connectivity index (χ0n) is 30.0. The molecular weight excluding hydrogens is 610 g/mol. The molecule has 0 fully saturated rings. The molecule has 0 radical (unpaired) electrons. The first-order chi connectivity index (χ1) is 21.1. The van der Waals surface area contributed by atoms with Crippen LogP contribution in [-0.2, 0) is 28.7 Å². The minimum atomic E-state index is -1.20. The number of esters is 2. The Balaban J connectivity index is -0.000000367. The van der Waals surface area contributed by atoms with Crippen molar-refractivity contribution >= 4 is 23.9 Å². The van der Waals surface area contributed by atoms with Crippen molar-refractivity contribution in [1.29, 1.82) is 0 Å². The number of nitrogens with two attached hydrogens (primary N) is 2. The summed E-state index contributed by atoms with van der Waals surface area (Å²) in [4.78, 5) is 43.4. The Labute approximate surface area is 324 Å². The number of ether oxygens (including phenoxy) is 2. The van der Waals surface area contributed by atoms with Gasteiger partial charge < -0.3 is 40.7 Å². The van der Waals surface area contributed by atoms with Crippen molar-refractivity contribution in [3.63, 3.8) is 0 Å². The first-order valence-corrected chi connectivity index (χ1v) is 17.4. The van der Waals surface area contributed by atoms with E-state index in [2.05, 4.69) is 13.8 Å². The predicted octanol–water partition coefficient (Wildman–Crippen LogP) is -1.38. The number of carboxylic acid groups (broad SMARTS) is 2. The summed E-state index contributed by atoms with van der Waals surface area (Å²) in [5, 5.41) is 20.5. The van der Waals surface area contributed by atoms with E-state index in [0.29, 0.717) is 13.2 Å². The molecule has 2 unspecified atom stereocenters. The van der Waals surface area contributed by atoms with Gasteiger partial charge in [0.25, 0.3) is 0 Å². The standard InChI is InChI=1S/2C17H33NO4.2Na/c2*1-2-3-4-5-6-7-8-9-10-11-14-22-17(21)15(18)12-13-16(19)20;;/h2*15H,2-14,18H2,1H3,(H,19,20);;/q;;2*+1/p-2. The normalized spacial score (nSPS) is 11.6. The van der Waals surface area contributed by atoms with E-state index in [1.54, 1.807) is 0 Å². The molecule has 0 aromatic carbocycles. The van der Waals surface area contributed by atoms with Crippen molar-refractivity contribution in [3.8, 4) is 0 Å². The molecule has 0 bridgehead atoms. The molecule has 0 aliphatic rings. The quantitative estimate of drug-likeness (QED) is 0.0523. The third-order valence-corrected chi connectivity index (χ3v) is 7.41. The second-order valence-corrected chi connectivity index (χ2v) is 11.7. The van der Waals surface area contributed by atoms with Gasteiger partial charge in [0.1, 0.15) is 12.1 Å². The second-order valence-electron chi connectivity index (χ2n) is 11.7. The Hall–Kier alpha value is -0.200. The van der Waals surface area contributed by atoms with Crippen LogP contribution in [0.2, 0.25) is 0 Å². The molecule has 0 spiro atoms. The van der Waals surface area contributed by atoms with E-state index in [4.69, 9.17) is 20.9 Å². The maximum Gasteiger partial charge on any atom is 1.00 e. The smallest absolute Gasteiger partial charge is 0.550 e. The van der Waals surface area contributed by atoms with Gasteiger partial charge in [-0.1, -0.05) is 129 Å². The topological polar surface area (TPSA) is 185 Å². The molecule has 2 atom stereocenters. The Morgan fingerprint density at radius 2 is 0.717 bits per heavy atom. The van der Waals surface area contributed by atoms with Crippen molar-refractivity contribution in [3.05, 3.63) is 0 Å². The van der Waals surface area contributed by atoms with E-state index in [9.17, 15) is 29.4 Å². The van der Waals surface area contributed by atoms with Crippen LogP contribution in [0.1, 0.15) is 168 Å². The van der Waals surface area contributed by atoms with Gasteiger partial charge in [-0.15, -0.1) is 0 Å². The van der Waals surface area contributed by atoms with E-state index >= 15 is 0 Å². The molecule has 0 heterocycles. The second kappa shape index (κ2) is 41.0. The van der Waals surface area contributed by atoms with Gasteiger partial charge in [0.15, 0.2) is 0 Å². The van der Waals surface area contributed by atoms with E-state index in [0.717, 1.165) is 25.7 Å². The molecule has 4 N–H and O–H groups in total. The van der Waals surface area contributed by atoms with Gasteiger partial charge in [0.2, 0.25) is 0 Å². The van der Waals surface area contributed by atoms with Crippen LogP contribution in [0.5, 0.6) is 0 Å². The summed E-state index contributed by atoms with van der Waals surface area (Å²) in [5.41, 5.74) is 11.1. The molecule has 0 rings (SSSR count). The van der Waals surface area contributed by atoms with E-state index in [1.165, 1.54) is 103 Å². The van der Waals surface area contributed by atoms with Gasteiger partial charge in [-0.05, 0) is 38.5 Å². The van der Waals surface area contributed by atoms with Crippen molar-refractivity contribution in [2.45, 2.75) is 180 Å². The summed E-state index contributed by atoms with van der Waals surface area (Å²) in [6.45, 7) is 5.19. The third-order valence-electron chi connectivity index (χ3n) is 7.41. The van der Waals surface area contributed by atoms with Crippen LogP contribution >= 0.6 is 0 Å². The number of rotatable bonds is 30. The minimum absolute atomic E-state index is 0. The van der Waals surface area contributed by atoms with Gasteiger partial charge in [0, 0.05) is 11.9 Å². The average Bonchev–Trinajstić information content (AvgIpc) is 3.00. The number of carbonyl (C=O) groups excluding carboxylic acids is 4. The fraction of sp³-hybridized carbons (Fsp3) is 0.882. The number of carbonyl (C=O) groups is 4. The third kappa shape index (κ3) is 41.8. The molecular formula is C34H64N2Na2O8. The van der Waals surface area contributed by atoms with Crippen LogP contribution in [0.4, 0.5) is 0 Å². The molecule has 46 heavy (non-hydrogen) atoms. The first-order valence-electron chi connectivity index (χ1n) is 17.4. The molecule has 0 aliphatic heterocycles. The van der Waals surface area contributed by atoms with Crippen LogP contribution in [0.3, 0.4) is 0 Å². The van der Waals surface area contributed by atoms with Crippen LogP contribution in [0.15, 0.2) is 0 Å². The summed E-state index contributed by atoms with van der Waals surface area (Å²) < 4.78 is 10.1. The molecule has 0 aliphatic carbocycles. The van der Waals surface area contributed by atoms with Crippen LogP contribution in [-0.4, -0.2) is 49.2 Å². The van der Waals surface area contributed by atoms with Crippen LogP contribution < -0.4 is 80.8 Å². The Morgan fingerprint density at radius 3 is 0.957 bits per heavy atom. The van der Waals surface area contributed by atoms with Gasteiger partial charge in [-0.25, -0.2) is 0 Å². The van der Waals surface area contributed by atoms with Gasteiger partial charge in [-0.2, -0.15) is 0 Å². The van der Waals surface area contributed by atoms with Crippen molar-refractivity contribution in [2.24, 2.45) is 11.5 Å². The number of hydrogen-bond acceptors (Lipinski definition) is 10. The first kappa shape index (κ1) is 52.6. The number of hydrogen-bond donors (Lipinski definition) is 2. The summed E-state index contributed by atoms with van der Waals surface area (Å²) in [6, 6.07) is -1.72. The SMILES string of the molecule is CCCCCCCCCCCCOC(=O)C(N)CCC(=O)[O-].CCCCCCCCCCCCOC(=O)C(N)CCC(=O)[O-].[Na+].[Na+]. The molecule has 0 saturated carbocycles. The molecule has 0 aromatic heterocycles. The Kier molecular flexibility index (Phi) is 46.9. The van der Waals surface area contributed by atoms with Crippen LogP contribution in [0.25, 0.3) is 0 Å². The summed E-state index contributed by atoms with van der Waals surface area (Å²) in [7, 11) is 0. The molecule has 12 heteroatoms.